The maximum Gasteiger partial charge on any atom is 0.331 e. The van der Waals surface area contributed by atoms with Crippen molar-refractivity contribution in [3.63, 3.8) is 0 Å². The van der Waals surface area contributed by atoms with Gasteiger partial charge in [0.2, 0.25) is 6.79 Å². The Kier molecular flexibility index (Phi) is 5.98. The lowest BCUT2D eigenvalue weighted by Crippen LogP contribution is -2.28. The fraction of sp³-hybridized carbons (Fsp3) is 0.200. The number of carbonyl (C=O) groups is 2. The SMILES string of the molecule is Cc1ccc(/C=C/C(=O)OCC(=O)NCc2ccc3c(c2)OCO3)cc1Cl. The molecule has 0 saturated heterocycles. The molecule has 27 heavy (non-hydrogen) atoms. The predicted molar refractivity (Wildman–Crippen MR) is 101 cm³/mol. The van der Waals surface area contributed by atoms with Gasteiger partial charge in [0, 0.05) is 17.6 Å². The summed E-state index contributed by atoms with van der Waals surface area (Å²) < 4.78 is 15.4. The number of amides is 1. The smallest absolute Gasteiger partial charge is 0.331 e. The van der Waals surface area contributed by atoms with Gasteiger partial charge < -0.3 is 19.5 Å². The van der Waals surface area contributed by atoms with Crippen LogP contribution in [0.15, 0.2) is 42.5 Å². The molecule has 7 heteroatoms. The van der Waals surface area contributed by atoms with Crippen LogP contribution in [0.5, 0.6) is 11.5 Å². The summed E-state index contributed by atoms with van der Waals surface area (Å²) in [5.74, 6) is 0.327. The van der Waals surface area contributed by atoms with Gasteiger partial charge in [-0.05, 0) is 47.9 Å². The number of nitrogens with one attached hydrogen (secondary N) is 1. The molecule has 0 unspecified atom stereocenters. The molecule has 6 nitrogen and oxygen atoms in total. The van der Waals surface area contributed by atoms with Crippen molar-refractivity contribution < 1.29 is 23.8 Å². The van der Waals surface area contributed by atoms with E-state index in [0.29, 0.717) is 23.1 Å². The van der Waals surface area contributed by atoms with Crippen molar-refractivity contribution in [3.05, 3.63) is 64.2 Å². The molecule has 1 aliphatic heterocycles. The molecular weight excluding hydrogens is 370 g/mol. The van der Waals surface area contributed by atoms with Crippen LogP contribution in [0.25, 0.3) is 6.08 Å². The molecule has 0 spiro atoms. The Bertz CT molecular complexity index is 894. The molecule has 2 aromatic rings. The van der Waals surface area contributed by atoms with Crippen molar-refractivity contribution in [3.8, 4) is 11.5 Å². The summed E-state index contributed by atoms with van der Waals surface area (Å²) >= 11 is 6.03. The van der Waals surface area contributed by atoms with Gasteiger partial charge in [-0.1, -0.05) is 29.8 Å². The van der Waals surface area contributed by atoms with Gasteiger partial charge in [-0.3, -0.25) is 4.79 Å². The van der Waals surface area contributed by atoms with Gasteiger partial charge in [-0.2, -0.15) is 0 Å². The Morgan fingerprint density at radius 2 is 2.00 bits per heavy atom. The first kappa shape index (κ1) is 18.8. The van der Waals surface area contributed by atoms with Crippen LogP contribution in [-0.2, 0) is 20.9 Å². The van der Waals surface area contributed by atoms with Crippen LogP contribution in [0, 0.1) is 6.92 Å². The average Bonchev–Trinajstić information content (AvgIpc) is 3.13. The first-order valence-electron chi connectivity index (χ1n) is 8.27. The number of ether oxygens (including phenoxy) is 3. The summed E-state index contributed by atoms with van der Waals surface area (Å²) in [6.45, 7) is 2.03. The van der Waals surface area contributed by atoms with E-state index in [0.717, 1.165) is 16.7 Å². The Hall–Kier alpha value is -2.99. The molecule has 1 N–H and O–H groups in total. The quantitative estimate of drug-likeness (QED) is 0.608. The second-order valence-electron chi connectivity index (χ2n) is 5.91. The van der Waals surface area contributed by atoms with Crippen LogP contribution >= 0.6 is 11.6 Å². The van der Waals surface area contributed by atoms with Gasteiger partial charge in [-0.25, -0.2) is 4.79 Å². The Balaban J connectivity index is 1.42. The number of esters is 1. The molecule has 3 rings (SSSR count). The number of fused-ring (bicyclic) bond motifs is 1. The number of halogens is 1. The van der Waals surface area contributed by atoms with Crippen LogP contribution in [-0.4, -0.2) is 25.3 Å². The van der Waals surface area contributed by atoms with E-state index in [1.807, 2.05) is 25.1 Å². The monoisotopic (exact) mass is 387 g/mol. The summed E-state index contributed by atoms with van der Waals surface area (Å²) in [7, 11) is 0. The minimum atomic E-state index is -0.607. The van der Waals surface area contributed by atoms with Crippen molar-refractivity contribution in [1.29, 1.82) is 0 Å². The van der Waals surface area contributed by atoms with Gasteiger partial charge >= 0.3 is 5.97 Å². The largest absolute Gasteiger partial charge is 0.454 e. The number of aryl methyl sites for hydroxylation is 1. The zero-order valence-corrected chi connectivity index (χ0v) is 15.4. The molecule has 140 valence electrons. The fourth-order valence-electron chi connectivity index (χ4n) is 2.36. The predicted octanol–water partition coefficient (Wildman–Crippen LogP) is 3.25. The van der Waals surface area contributed by atoms with Crippen LogP contribution in [0.3, 0.4) is 0 Å². The summed E-state index contributed by atoms with van der Waals surface area (Å²) in [4.78, 5) is 23.5. The van der Waals surface area contributed by atoms with Gasteiger partial charge in [0.25, 0.3) is 5.91 Å². The Morgan fingerprint density at radius 3 is 2.81 bits per heavy atom. The fourth-order valence-corrected chi connectivity index (χ4v) is 2.55. The molecular formula is C20H18ClNO5. The van der Waals surface area contributed by atoms with Crippen molar-refractivity contribution in [2.45, 2.75) is 13.5 Å². The van der Waals surface area contributed by atoms with E-state index in [1.165, 1.54) is 6.08 Å². The topological polar surface area (TPSA) is 73.9 Å². The highest BCUT2D eigenvalue weighted by atomic mass is 35.5. The van der Waals surface area contributed by atoms with Crippen molar-refractivity contribution in [2.24, 2.45) is 0 Å². The van der Waals surface area contributed by atoms with E-state index in [4.69, 9.17) is 25.8 Å². The summed E-state index contributed by atoms with van der Waals surface area (Å²) in [6, 6.07) is 10.9. The van der Waals surface area contributed by atoms with E-state index in [9.17, 15) is 9.59 Å². The molecule has 2 aromatic carbocycles. The van der Waals surface area contributed by atoms with E-state index >= 15 is 0 Å². The van der Waals surface area contributed by atoms with Crippen molar-refractivity contribution in [1.82, 2.24) is 5.32 Å². The molecule has 0 fully saturated rings. The standard InChI is InChI=1S/C20H18ClNO5/c1-13-2-3-14(8-16(13)21)5-7-20(24)25-11-19(23)22-10-15-4-6-17-18(9-15)27-12-26-17/h2-9H,10-12H2,1H3,(H,22,23)/b7-5+. The summed E-state index contributed by atoms with van der Waals surface area (Å²) in [5, 5.41) is 3.30. The van der Waals surface area contributed by atoms with Crippen molar-refractivity contribution >= 4 is 29.6 Å². The third-order valence-electron chi connectivity index (χ3n) is 3.88. The van der Waals surface area contributed by atoms with Crippen LogP contribution in [0.4, 0.5) is 0 Å². The van der Waals surface area contributed by atoms with E-state index in [1.54, 1.807) is 24.3 Å². The number of rotatable bonds is 6. The average molecular weight is 388 g/mol. The van der Waals surface area contributed by atoms with Gasteiger partial charge in [0.05, 0.1) is 0 Å². The highest BCUT2D eigenvalue weighted by Gasteiger charge is 2.13. The van der Waals surface area contributed by atoms with Gasteiger partial charge in [0.15, 0.2) is 18.1 Å². The molecule has 0 atom stereocenters. The summed E-state index contributed by atoms with van der Waals surface area (Å²) in [5.41, 5.74) is 2.58. The Morgan fingerprint density at radius 1 is 1.19 bits per heavy atom. The normalized spacial score (nSPS) is 12.2. The molecule has 0 bridgehead atoms. The number of hydrogen-bond acceptors (Lipinski definition) is 5. The highest BCUT2D eigenvalue weighted by Crippen LogP contribution is 2.32. The zero-order chi connectivity index (χ0) is 19.2. The molecule has 0 aliphatic carbocycles. The van der Waals surface area contributed by atoms with Gasteiger partial charge in [-0.15, -0.1) is 0 Å². The lowest BCUT2D eigenvalue weighted by atomic mass is 10.1. The second-order valence-corrected chi connectivity index (χ2v) is 6.32. The summed E-state index contributed by atoms with van der Waals surface area (Å²) in [6.07, 6.45) is 2.84. The van der Waals surface area contributed by atoms with E-state index in [2.05, 4.69) is 5.32 Å². The lowest BCUT2D eigenvalue weighted by molar-refractivity contribution is -0.143. The van der Waals surface area contributed by atoms with Gasteiger partial charge in [0.1, 0.15) is 0 Å². The second kappa shape index (κ2) is 8.60. The molecule has 1 amide bonds. The molecule has 0 radical (unpaired) electrons. The third kappa shape index (κ3) is 5.24. The Labute approximate surface area is 161 Å². The maximum absolute atomic E-state index is 11.8. The number of benzene rings is 2. The minimum Gasteiger partial charge on any atom is -0.454 e. The molecule has 1 heterocycles. The minimum absolute atomic E-state index is 0.198. The van der Waals surface area contributed by atoms with E-state index in [-0.39, 0.29) is 13.4 Å². The highest BCUT2D eigenvalue weighted by molar-refractivity contribution is 6.31. The molecule has 1 aliphatic rings. The van der Waals surface area contributed by atoms with E-state index < -0.39 is 11.9 Å². The zero-order valence-electron chi connectivity index (χ0n) is 14.7. The third-order valence-corrected chi connectivity index (χ3v) is 4.29. The lowest BCUT2D eigenvalue weighted by Gasteiger charge is -2.06. The molecule has 0 aromatic heterocycles. The number of hydrogen-bond donors (Lipinski definition) is 1. The molecule has 0 saturated carbocycles. The van der Waals surface area contributed by atoms with Crippen molar-refractivity contribution in [2.75, 3.05) is 13.4 Å². The first-order valence-corrected chi connectivity index (χ1v) is 8.65. The van der Waals surface area contributed by atoms with Crippen LogP contribution < -0.4 is 14.8 Å². The van der Waals surface area contributed by atoms with Crippen LogP contribution in [0.1, 0.15) is 16.7 Å². The first-order chi connectivity index (χ1) is 13.0. The van der Waals surface area contributed by atoms with Crippen LogP contribution in [0.2, 0.25) is 5.02 Å². The maximum atomic E-state index is 11.8. The number of carbonyl (C=O) groups excluding carboxylic acids is 2.